The van der Waals surface area contributed by atoms with Crippen LogP contribution in [0.3, 0.4) is 0 Å². The van der Waals surface area contributed by atoms with Crippen molar-refractivity contribution in [1.82, 2.24) is 10.2 Å². The summed E-state index contributed by atoms with van der Waals surface area (Å²) >= 11 is 0. The third kappa shape index (κ3) is 4.08. The monoisotopic (exact) mass is 195 g/mol. The second-order valence-electron chi connectivity index (χ2n) is 4.02. The van der Waals surface area contributed by atoms with E-state index < -0.39 is 0 Å². The predicted molar refractivity (Wildman–Crippen MR) is 58.0 cm³/mol. The summed E-state index contributed by atoms with van der Waals surface area (Å²) in [5.41, 5.74) is 0. The SMILES string of the molecule is CCCN(CC)CC(C#N)NC1CC1. The van der Waals surface area contributed by atoms with Crippen molar-refractivity contribution in [3.05, 3.63) is 0 Å². The van der Waals surface area contributed by atoms with Gasteiger partial charge in [-0.25, -0.2) is 0 Å². The second kappa shape index (κ2) is 6.00. The zero-order valence-corrected chi connectivity index (χ0v) is 9.29. The molecule has 1 aliphatic carbocycles. The average molecular weight is 195 g/mol. The Morgan fingerprint density at radius 3 is 2.64 bits per heavy atom. The number of rotatable bonds is 7. The van der Waals surface area contributed by atoms with Crippen LogP contribution in [0, 0.1) is 11.3 Å². The van der Waals surface area contributed by atoms with Crippen LogP contribution >= 0.6 is 0 Å². The van der Waals surface area contributed by atoms with Crippen molar-refractivity contribution in [2.24, 2.45) is 0 Å². The van der Waals surface area contributed by atoms with Gasteiger partial charge in [0.25, 0.3) is 0 Å². The fourth-order valence-electron chi connectivity index (χ4n) is 1.62. The Morgan fingerprint density at radius 2 is 2.21 bits per heavy atom. The number of nitrogens with zero attached hydrogens (tertiary/aromatic N) is 2. The summed E-state index contributed by atoms with van der Waals surface area (Å²) in [4.78, 5) is 2.34. The van der Waals surface area contributed by atoms with Gasteiger partial charge in [0, 0.05) is 12.6 Å². The number of hydrogen-bond donors (Lipinski definition) is 1. The maximum absolute atomic E-state index is 8.98. The molecule has 0 aromatic rings. The Bertz CT molecular complexity index is 193. The highest BCUT2D eigenvalue weighted by atomic mass is 15.1. The van der Waals surface area contributed by atoms with Gasteiger partial charge in [0.1, 0.15) is 6.04 Å². The van der Waals surface area contributed by atoms with E-state index in [4.69, 9.17) is 5.26 Å². The quantitative estimate of drug-likeness (QED) is 0.666. The molecule has 1 aliphatic rings. The van der Waals surface area contributed by atoms with Gasteiger partial charge < -0.3 is 4.90 Å². The molecule has 80 valence electrons. The molecule has 1 atom stereocenters. The van der Waals surface area contributed by atoms with E-state index in [1.165, 1.54) is 12.8 Å². The molecule has 0 aromatic heterocycles. The topological polar surface area (TPSA) is 39.1 Å². The lowest BCUT2D eigenvalue weighted by molar-refractivity contribution is 0.270. The van der Waals surface area contributed by atoms with Gasteiger partial charge in [-0.1, -0.05) is 13.8 Å². The van der Waals surface area contributed by atoms with Gasteiger partial charge in [-0.2, -0.15) is 5.26 Å². The molecule has 0 aromatic carbocycles. The molecule has 0 saturated heterocycles. The molecule has 0 radical (unpaired) electrons. The number of hydrogen-bond acceptors (Lipinski definition) is 3. The van der Waals surface area contributed by atoms with Crippen molar-refractivity contribution >= 4 is 0 Å². The summed E-state index contributed by atoms with van der Waals surface area (Å²) in [5, 5.41) is 12.3. The van der Waals surface area contributed by atoms with E-state index in [1.807, 2.05) is 0 Å². The first-order valence-corrected chi connectivity index (χ1v) is 5.68. The fraction of sp³-hybridized carbons (Fsp3) is 0.909. The lowest BCUT2D eigenvalue weighted by Crippen LogP contribution is -2.41. The highest BCUT2D eigenvalue weighted by Crippen LogP contribution is 2.19. The number of nitriles is 1. The third-order valence-electron chi connectivity index (χ3n) is 2.60. The van der Waals surface area contributed by atoms with Gasteiger partial charge in [0.05, 0.1) is 6.07 Å². The maximum atomic E-state index is 8.98. The van der Waals surface area contributed by atoms with Crippen LogP contribution in [0.2, 0.25) is 0 Å². The molecule has 1 rings (SSSR count). The minimum atomic E-state index is 0.0222. The van der Waals surface area contributed by atoms with Gasteiger partial charge in [-0.05, 0) is 32.4 Å². The van der Waals surface area contributed by atoms with Crippen molar-refractivity contribution < 1.29 is 0 Å². The van der Waals surface area contributed by atoms with E-state index in [0.717, 1.165) is 26.1 Å². The minimum Gasteiger partial charge on any atom is -0.301 e. The molecule has 0 heterocycles. The zero-order valence-electron chi connectivity index (χ0n) is 9.29. The summed E-state index contributed by atoms with van der Waals surface area (Å²) < 4.78 is 0. The van der Waals surface area contributed by atoms with Crippen LogP contribution in [0.25, 0.3) is 0 Å². The van der Waals surface area contributed by atoms with Gasteiger partial charge in [-0.15, -0.1) is 0 Å². The fourth-order valence-corrected chi connectivity index (χ4v) is 1.62. The first kappa shape index (κ1) is 11.5. The lowest BCUT2D eigenvalue weighted by atomic mass is 10.2. The Morgan fingerprint density at radius 1 is 1.50 bits per heavy atom. The smallest absolute Gasteiger partial charge is 0.108 e. The van der Waals surface area contributed by atoms with E-state index in [0.29, 0.717) is 6.04 Å². The van der Waals surface area contributed by atoms with E-state index in [1.54, 1.807) is 0 Å². The van der Waals surface area contributed by atoms with E-state index in [-0.39, 0.29) is 6.04 Å². The zero-order chi connectivity index (χ0) is 10.4. The molecule has 14 heavy (non-hydrogen) atoms. The molecule has 1 fully saturated rings. The van der Waals surface area contributed by atoms with Crippen LogP contribution < -0.4 is 5.32 Å². The van der Waals surface area contributed by atoms with Crippen LogP contribution in [-0.2, 0) is 0 Å². The molecule has 1 N–H and O–H groups in total. The number of likely N-dealkylation sites (N-methyl/N-ethyl adjacent to an activating group) is 1. The third-order valence-corrected chi connectivity index (χ3v) is 2.60. The Balaban J connectivity index is 2.25. The molecular formula is C11H21N3. The summed E-state index contributed by atoms with van der Waals surface area (Å²) in [6.07, 6.45) is 3.66. The van der Waals surface area contributed by atoms with Gasteiger partial charge in [-0.3, -0.25) is 5.32 Å². The largest absolute Gasteiger partial charge is 0.301 e. The highest BCUT2D eigenvalue weighted by molar-refractivity contribution is 4.97. The molecule has 0 bridgehead atoms. The summed E-state index contributed by atoms with van der Waals surface area (Å²) in [6.45, 7) is 7.34. The molecule has 0 amide bonds. The Kier molecular flexibility index (Phi) is 4.92. The first-order chi connectivity index (χ1) is 6.80. The minimum absolute atomic E-state index is 0.0222. The summed E-state index contributed by atoms with van der Waals surface area (Å²) in [6, 6.07) is 2.99. The van der Waals surface area contributed by atoms with Crippen molar-refractivity contribution in [1.29, 1.82) is 5.26 Å². The molecule has 0 spiro atoms. The molecule has 1 unspecified atom stereocenters. The molecule has 1 saturated carbocycles. The summed E-state index contributed by atoms with van der Waals surface area (Å²) in [5.74, 6) is 0. The first-order valence-electron chi connectivity index (χ1n) is 5.68. The Labute approximate surface area is 87.1 Å². The average Bonchev–Trinajstić information content (AvgIpc) is 2.99. The van der Waals surface area contributed by atoms with Crippen LogP contribution in [0.5, 0.6) is 0 Å². The van der Waals surface area contributed by atoms with Crippen molar-refractivity contribution in [3.63, 3.8) is 0 Å². The summed E-state index contributed by atoms with van der Waals surface area (Å²) in [7, 11) is 0. The van der Waals surface area contributed by atoms with Gasteiger partial charge >= 0.3 is 0 Å². The predicted octanol–water partition coefficient (Wildman–Crippen LogP) is 1.36. The van der Waals surface area contributed by atoms with Crippen LogP contribution in [0.1, 0.15) is 33.1 Å². The van der Waals surface area contributed by atoms with E-state index in [2.05, 4.69) is 30.1 Å². The van der Waals surface area contributed by atoms with E-state index in [9.17, 15) is 0 Å². The highest BCUT2D eigenvalue weighted by Gasteiger charge is 2.25. The van der Waals surface area contributed by atoms with Crippen LogP contribution in [0.4, 0.5) is 0 Å². The standard InChI is InChI=1S/C11H21N3/c1-3-7-14(4-2)9-11(8-12)13-10-5-6-10/h10-11,13H,3-7,9H2,1-2H3. The van der Waals surface area contributed by atoms with Gasteiger partial charge in [0.15, 0.2) is 0 Å². The van der Waals surface area contributed by atoms with Crippen LogP contribution in [-0.4, -0.2) is 36.6 Å². The Hall–Kier alpha value is -0.590. The van der Waals surface area contributed by atoms with Crippen molar-refractivity contribution in [2.45, 2.75) is 45.2 Å². The normalized spacial score (nSPS) is 18.1. The van der Waals surface area contributed by atoms with E-state index >= 15 is 0 Å². The van der Waals surface area contributed by atoms with Gasteiger partial charge in [0.2, 0.25) is 0 Å². The van der Waals surface area contributed by atoms with Crippen molar-refractivity contribution in [2.75, 3.05) is 19.6 Å². The molecule has 0 aliphatic heterocycles. The number of nitrogens with one attached hydrogen (secondary N) is 1. The lowest BCUT2D eigenvalue weighted by Gasteiger charge is -2.22. The molecular weight excluding hydrogens is 174 g/mol. The second-order valence-corrected chi connectivity index (χ2v) is 4.02. The molecule has 3 nitrogen and oxygen atoms in total. The maximum Gasteiger partial charge on any atom is 0.108 e. The van der Waals surface area contributed by atoms with Crippen molar-refractivity contribution in [3.8, 4) is 6.07 Å². The molecule has 3 heteroatoms. The van der Waals surface area contributed by atoms with Crippen LogP contribution in [0.15, 0.2) is 0 Å².